The van der Waals surface area contributed by atoms with Crippen molar-refractivity contribution in [2.24, 2.45) is 18.2 Å². The van der Waals surface area contributed by atoms with Crippen LogP contribution in [0.2, 0.25) is 0 Å². The molecule has 106 valence electrons. The minimum atomic E-state index is -0.782. The Morgan fingerprint density at radius 2 is 2.05 bits per heavy atom. The van der Waals surface area contributed by atoms with Gasteiger partial charge in [0.15, 0.2) is 0 Å². The number of anilines is 1. The molecule has 0 unspecified atom stereocenters. The Morgan fingerprint density at radius 3 is 2.47 bits per heavy atom. The van der Waals surface area contributed by atoms with Crippen LogP contribution in [0, 0.1) is 5.41 Å². The van der Waals surface area contributed by atoms with Crippen LogP contribution in [-0.2, 0) is 18.3 Å². The van der Waals surface area contributed by atoms with Crippen LogP contribution < -0.4 is 11.1 Å². The van der Waals surface area contributed by atoms with Gasteiger partial charge in [0.2, 0.25) is 5.91 Å². The number of thiocarbonyl (C=S) groups is 1. The standard InChI is InChI=1S/C13H22N4OS/c1-5-9-10(8-17(4)16-9)15-12(18)13(6-2,7-3)11(14)19/h8H,5-7H2,1-4H3,(H2,14,19)(H,15,18). The maximum absolute atomic E-state index is 12.5. The minimum Gasteiger partial charge on any atom is -0.392 e. The van der Waals surface area contributed by atoms with Crippen LogP contribution in [0.4, 0.5) is 5.69 Å². The molecule has 1 heterocycles. The van der Waals surface area contributed by atoms with Crippen LogP contribution >= 0.6 is 12.2 Å². The molecule has 5 nitrogen and oxygen atoms in total. The van der Waals surface area contributed by atoms with Gasteiger partial charge >= 0.3 is 0 Å². The van der Waals surface area contributed by atoms with Crippen molar-refractivity contribution in [3.05, 3.63) is 11.9 Å². The van der Waals surface area contributed by atoms with Crippen molar-refractivity contribution in [2.45, 2.75) is 40.0 Å². The van der Waals surface area contributed by atoms with Crippen LogP contribution in [0.1, 0.15) is 39.3 Å². The van der Waals surface area contributed by atoms with E-state index in [2.05, 4.69) is 10.4 Å². The second-order valence-electron chi connectivity index (χ2n) is 4.62. The van der Waals surface area contributed by atoms with Crippen molar-refractivity contribution in [3.8, 4) is 0 Å². The highest BCUT2D eigenvalue weighted by Crippen LogP contribution is 2.29. The van der Waals surface area contributed by atoms with E-state index in [9.17, 15) is 4.79 Å². The van der Waals surface area contributed by atoms with E-state index in [1.54, 1.807) is 10.9 Å². The van der Waals surface area contributed by atoms with Crippen molar-refractivity contribution < 1.29 is 4.79 Å². The fraction of sp³-hybridized carbons (Fsp3) is 0.615. The summed E-state index contributed by atoms with van der Waals surface area (Å²) in [5.74, 6) is -0.146. The SMILES string of the molecule is CCc1nn(C)cc1NC(=O)C(CC)(CC)C(N)=S. The van der Waals surface area contributed by atoms with Gasteiger partial charge in [0.1, 0.15) is 0 Å². The highest BCUT2D eigenvalue weighted by Gasteiger charge is 2.38. The summed E-state index contributed by atoms with van der Waals surface area (Å²) >= 11 is 5.08. The van der Waals surface area contributed by atoms with Crippen molar-refractivity contribution in [3.63, 3.8) is 0 Å². The highest BCUT2D eigenvalue weighted by atomic mass is 32.1. The molecular weight excluding hydrogens is 260 g/mol. The number of aryl methyl sites for hydroxylation is 2. The number of nitrogens with two attached hydrogens (primary N) is 1. The Kier molecular flexibility index (Phi) is 5.05. The van der Waals surface area contributed by atoms with E-state index < -0.39 is 5.41 Å². The minimum absolute atomic E-state index is 0.146. The largest absolute Gasteiger partial charge is 0.392 e. The summed E-state index contributed by atoms with van der Waals surface area (Å²) in [5.41, 5.74) is 6.59. The Hall–Kier alpha value is -1.43. The summed E-state index contributed by atoms with van der Waals surface area (Å²) in [6.45, 7) is 5.84. The van der Waals surface area contributed by atoms with E-state index in [1.807, 2.05) is 27.8 Å². The highest BCUT2D eigenvalue weighted by molar-refractivity contribution is 7.80. The van der Waals surface area contributed by atoms with E-state index in [1.165, 1.54) is 0 Å². The van der Waals surface area contributed by atoms with Crippen LogP contribution in [0.3, 0.4) is 0 Å². The Morgan fingerprint density at radius 1 is 1.47 bits per heavy atom. The van der Waals surface area contributed by atoms with Gasteiger partial charge in [0.05, 0.1) is 21.8 Å². The van der Waals surface area contributed by atoms with Gasteiger partial charge in [0.25, 0.3) is 0 Å². The second-order valence-corrected chi connectivity index (χ2v) is 5.06. The zero-order valence-electron chi connectivity index (χ0n) is 12.0. The molecule has 0 atom stereocenters. The molecule has 0 aliphatic rings. The van der Waals surface area contributed by atoms with Crippen LogP contribution in [0.15, 0.2) is 6.20 Å². The van der Waals surface area contributed by atoms with Crippen molar-refractivity contribution in [1.29, 1.82) is 0 Å². The zero-order chi connectivity index (χ0) is 14.6. The average molecular weight is 282 g/mol. The van der Waals surface area contributed by atoms with Crippen LogP contribution in [0.25, 0.3) is 0 Å². The van der Waals surface area contributed by atoms with Gasteiger partial charge in [-0.15, -0.1) is 0 Å². The number of nitrogens with zero attached hydrogens (tertiary/aromatic N) is 2. The number of aromatic nitrogens is 2. The van der Waals surface area contributed by atoms with E-state index in [0.29, 0.717) is 12.8 Å². The molecule has 0 fully saturated rings. The maximum atomic E-state index is 12.5. The molecule has 6 heteroatoms. The Bertz CT molecular complexity index is 477. The van der Waals surface area contributed by atoms with Gasteiger partial charge < -0.3 is 11.1 Å². The molecule has 19 heavy (non-hydrogen) atoms. The third-order valence-electron chi connectivity index (χ3n) is 3.60. The van der Waals surface area contributed by atoms with Crippen LogP contribution in [-0.4, -0.2) is 20.7 Å². The first-order valence-electron chi connectivity index (χ1n) is 6.55. The molecular formula is C13H22N4OS. The van der Waals surface area contributed by atoms with E-state index >= 15 is 0 Å². The predicted octanol–water partition coefficient (Wildman–Crippen LogP) is 2.01. The van der Waals surface area contributed by atoms with Gasteiger partial charge in [-0.05, 0) is 19.3 Å². The van der Waals surface area contributed by atoms with Gasteiger partial charge in [-0.3, -0.25) is 9.48 Å². The normalized spacial score (nSPS) is 11.4. The third-order valence-corrected chi connectivity index (χ3v) is 3.99. The van der Waals surface area contributed by atoms with E-state index in [4.69, 9.17) is 18.0 Å². The summed E-state index contributed by atoms with van der Waals surface area (Å²) in [4.78, 5) is 12.7. The summed E-state index contributed by atoms with van der Waals surface area (Å²) < 4.78 is 1.69. The predicted molar refractivity (Wildman–Crippen MR) is 81.0 cm³/mol. The number of hydrogen-bond acceptors (Lipinski definition) is 3. The third kappa shape index (κ3) is 2.94. The van der Waals surface area contributed by atoms with E-state index in [-0.39, 0.29) is 10.9 Å². The van der Waals surface area contributed by atoms with Crippen molar-refractivity contribution in [1.82, 2.24) is 9.78 Å². The second kappa shape index (κ2) is 6.14. The monoisotopic (exact) mass is 282 g/mol. The van der Waals surface area contributed by atoms with Gasteiger partial charge in [-0.1, -0.05) is 33.0 Å². The lowest BCUT2D eigenvalue weighted by molar-refractivity contribution is -0.122. The molecule has 1 aromatic heterocycles. The first-order chi connectivity index (χ1) is 8.91. The molecule has 0 aliphatic carbocycles. The number of hydrogen-bond donors (Lipinski definition) is 2. The smallest absolute Gasteiger partial charge is 0.237 e. The Labute approximate surface area is 119 Å². The number of nitrogens with one attached hydrogen (secondary N) is 1. The number of carbonyl (C=O) groups excluding carboxylic acids is 1. The molecule has 0 radical (unpaired) electrons. The van der Waals surface area contributed by atoms with E-state index in [0.717, 1.165) is 17.8 Å². The molecule has 0 saturated heterocycles. The summed E-state index contributed by atoms with van der Waals surface area (Å²) in [5, 5.41) is 7.22. The van der Waals surface area contributed by atoms with Gasteiger partial charge in [-0.2, -0.15) is 5.10 Å². The van der Waals surface area contributed by atoms with Crippen molar-refractivity contribution in [2.75, 3.05) is 5.32 Å². The summed E-state index contributed by atoms with van der Waals surface area (Å²) in [6.07, 6.45) is 3.74. The summed E-state index contributed by atoms with van der Waals surface area (Å²) in [7, 11) is 1.83. The molecule has 1 amide bonds. The molecule has 0 aromatic carbocycles. The first kappa shape index (κ1) is 15.6. The van der Waals surface area contributed by atoms with Crippen molar-refractivity contribution >= 4 is 28.8 Å². The van der Waals surface area contributed by atoms with Gasteiger partial charge in [-0.25, -0.2) is 0 Å². The lowest BCUT2D eigenvalue weighted by Gasteiger charge is -2.28. The maximum Gasteiger partial charge on any atom is 0.237 e. The quantitative estimate of drug-likeness (QED) is 0.783. The number of amides is 1. The fourth-order valence-electron chi connectivity index (χ4n) is 2.17. The fourth-order valence-corrected chi connectivity index (χ4v) is 2.55. The molecule has 1 aromatic rings. The number of carbonyl (C=O) groups is 1. The molecule has 0 bridgehead atoms. The lowest BCUT2D eigenvalue weighted by atomic mass is 9.81. The van der Waals surface area contributed by atoms with Crippen LogP contribution in [0.5, 0.6) is 0 Å². The van der Waals surface area contributed by atoms with Gasteiger partial charge in [0, 0.05) is 13.2 Å². The first-order valence-corrected chi connectivity index (χ1v) is 6.95. The number of rotatable bonds is 6. The Balaban J connectivity index is 3.03. The zero-order valence-corrected chi connectivity index (χ0v) is 12.8. The molecule has 0 saturated carbocycles. The molecule has 0 aliphatic heterocycles. The average Bonchev–Trinajstić information content (AvgIpc) is 2.71. The molecule has 3 N–H and O–H groups in total. The molecule has 0 spiro atoms. The lowest BCUT2D eigenvalue weighted by Crippen LogP contribution is -2.45. The molecule has 1 rings (SSSR count). The topological polar surface area (TPSA) is 72.9 Å². The summed E-state index contributed by atoms with van der Waals surface area (Å²) in [6, 6.07) is 0.